The maximum absolute atomic E-state index is 8.98. The molecule has 0 radical (unpaired) electrons. The summed E-state index contributed by atoms with van der Waals surface area (Å²) in [4.78, 5) is 0. The topological polar surface area (TPSA) is 47.6 Å². The maximum atomic E-state index is 8.98. The van der Waals surface area contributed by atoms with Crippen LogP contribution in [0.2, 0.25) is 0 Å². The molecule has 18 heavy (non-hydrogen) atoms. The molecule has 0 N–H and O–H groups in total. The van der Waals surface area contributed by atoms with Crippen LogP contribution < -0.4 is 0 Å². The predicted molar refractivity (Wildman–Crippen MR) is 72.4 cm³/mol. The third-order valence-corrected chi connectivity index (χ3v) is 3.24. The Morgan fingerprint density at radius 2 is 1.83 bits per heavy atom. The molecule has 0 bridgehead atoms. The number of benzene rings is 1. The van der Waals surface area contributed by atoms with Gasteiger partial charge in [-0.2, -0.15) is 10.5 Å². The first-order valence-corrected chi connectivity index (χ1v) is 6.15. The molecule has 0 fully saturated rings. The van der Waals surface area contributed by atoms with Crippen molar-refractivity contribution < 1.29 is 0 Å². The highest BCUT2D eigenvalue weighted by atomic mass is 14.4. The molecule has 0 saturated carbocycles. The highest BCUT2D eigenvalue weighted by Gasteiger charge is 2.29. The van der Waals surface area contributed by atoms with E-state index in [9.17, 15) is 0 Å². The van der Waals surface area contributed by atoms with Gasteiger partial charge in [0.05, 0.1) is 12.1 Å². The second-order valence-corrected chi connectivity index (χ2v) is 4.67. The summed E-state index contributed by atoms with van der Waals surface area (Å²) >= 11 is 0. The first-order chi connectivity index (χ1) is 8.62. The minimum Gasteiger partial charge on any atom is -0.197 e. The Kier molecular flexibility index (Phi) is 5.15. The van der Waals surface area contributed by atoms with Crippen LogP contribution in [0.3, 0.4) is 0 Å². The summed E-state index contributed by atoms with van der Waals surface area (Å²) in [6.45, 7) is 3.59. The van der Waals surface area contributed by atoms with Gasteiger partial charge in [0.2, 0.25) is 0 Å². The van der Waals surface area contributed by atoms with Crippen molar-refractivity contribution in [3.05, 3.63) is 48.0 Å². The average Bonchev–Trinajstić information content (AvgIpc) is 2.43. The number of hydrogen-bond donors (Lipinski definition) is 0. The fourth-order valence-electron chi connectivity index (χ4n) is 1.62. The van der Waals surface area contributed by atoms with Gasteiger partial charge in [0.15, 0.2) is 0 Å². The van der Waals surface area contributed by atoms with E-state index < -0.39 is 5.41 Å². The molecule has 0 aliphatic heterocycles. The van der Waals surface area contributed by atoms with E-state index in [1.54, 1.807) is 6.92 Å². The number of rotatable bonds is 5. The Morgan fingerprint density at radius 3 is 2.39 bits per heavy atom. The number of aryl methyl sites for hydroxylation is 1. The lowest BCUT2D eigenvalue weighted by atomic mass is 9.80. The van der Waals surface area contributed by atoms with Crippen LogP contribution in [-0.2, 0) is 6.42 Å². The van der Waals surface area contributed by atoms with E-state index in [2.05, 4.69) is 30.3 Å². The Hall–Kier alpha value is -2.06. The van der Waals surface area contributed by atoms with Gasteiger partial charge in [-0.05, 0) is 25.3 Å². The quantitative estimate of drug-likeness (QED) is 0.731. The van der Waals surface area contributed by atoms with Gasteiger partial charge in [0.1, 0.15) is 5.41 Å². The van der Waals surface area contributed by atoms with Gasteiger partial charge in [-0.3, -0.25) is 0 Å². The van der Waals surface area contributed by atoms with E-state index in [4.69, 9.17) is 10.5 Å². The van der Waals surface area contributed by atoms with Gasteiger partial charge in [-0.1, -0.05) is 49.4 Å². The van der Waals surface area contributed by atoms with Crippen LogP contribution in [-0.4, -0.2) is 0 Å². The SMILES string of the molecule is CC(/C=C/CCc1ccccc1)C(C)(C#N)C#N. The highest BCUT2D eigenvalue weighted by Crippen LogP contribution is 2.26. The Bertz CT molecular complexity index is 460. The zero-order valence-corrected chi connectivity index (χ0v) is 10.9. The highest BCUT2D eigenvalue weighted by molar-refractivity contribution is 5.18. The predicted octanol–water partition coefficient (Wildman–Crippen LogP) is 3.86. The fraction of sp³-hybridized carbons (Fsp3) is 0.375. The monoisotopic (exact) mass is 238 g/mol. The van der Waals surface area contributed by atoms with Crippen LogP contribution in [0.4, 0.5) is 0 Å². The molecule has 0 aliphatic carbocycles. The molecular weight excluding hydrogens is 220 g/mol. The molecule has 1 atom stereocenters. The Balaban J connectivity index is 2.47. The zero-order valence-electron chi connectivity index (χ0n) is 10.9. The summed E-state index contributed by atoms with van der Waals surface area (Å²) in [6, 6.07) is 14.4. The van der Waals surface area contributed by atoms with E-state index in [0.717, 1.165) is 12.8 Å². The van der Waals surface area contributed by atoms with E-state index in [1.807, 2.05) is 31.2 Å². The number of allylic oxidation sites excluding steroid dienone is 2. The molecule has 1 aromatic rings. The van der Waals surface area contributed by atoms with Crippen LogP contribution in [0.5, 0.6) is 0 Å². The van der Waals surface area contributed by atoms with Crippen molar-refractivity contribution in [1.29, 1.82) is 10.5 Å². The fourth-order valence-corrected chi connectivity index (χ4v) is 1.62. The van der Waals surface area contributed by atoms with Gasteiger partial charge >= 0.3 is 0 Å². The standard InChI is InChI=1S/C16H18N2/c1-14(16(2,12-17)13-18)8-6-7-11-15-9-4-3-5-10-15/h3-6,8-10,14H,7,11H2,1-2H3/b8-6+. The van der Waals surface area contributed by atoms with E-state index in [0.29, 0.717) is 0 Å². The molecule has 1 aromatic carbocycles. The van der Waals surface area contributed by atoms with Crippen LogP contribution >= 0.6 is 0 Å². The number of nitriles is 2. The van der Waals surface area contributed by atoms with Gasteiger partial charge in [0.25, 0.3) is 0 Å². The lowest BCUT2D eigenvalue weighted by Crippen LogP contribution is -2.19. The minimum absolute atomic E-state index is 0.0525. The van der Waals surface area contributed by atoms with Gasteiger partial charge < -0.3 is 0 Å². The van der Waals surface area contributed by atoms with Crippen molar-refractivity contribution in [3.8, 4) is 12.1 Å². The van der Waals surface area contributed by atoms with Crippen LogP contribution in [0.15, 0.2) is 42.5 Å². The molecule has 0 heterocycles. The molecule has 0 aliphatic rings. The minimum atomic E-state index is -0.927. The largest absolute Gasteiger partial charge is 0.197 e. The summed E-state index contributed by atoms with van der Waals surface area (Å²) in [5, 5.41) is 18.0. The second-order valence-electron chi connectivity index (χ2n) is 4.67. The molecule has 1 unspecified atom stereocenters. The third kappa shape index (κ3) is 3.75. The molecule has 2 nitrogen and oxygen atoms in total. The summed E-state index contributed by atoms with van der Waals surface area (Å²) < 4.78 is 0. The first kappa shape index (κ1) is 14.0. The molecule has 0 spiro atoms. The van der Waals surface area contributed by atoms with Crippen molar-refractivity contribution in [2.75, 3.05) is 0 Å². The summed E-state index contributed by atoms with van der Waals surface area (Å²) in [6.07, 6.45) is 5.95. The van der Waals surface area contributed by atoms with Crippen molar-refractivity contribution in [3.63, 3.8) is 0 Å². The summed E-state index contributed by atoms with van der Waals surface area (Å²) in [5.74, 6) is -0.0525. The van der Waals surface area contributed by atoms with E-state index in [1.165, 1.54) is 5.56 Å². The smallest absolute Gasteiger partial charge is 0.147 e. The number of hydrogen-bond acceptors (Lipinski definition) is 2. The third-order valence-electron chi connectivity index (χ3n) is 3.24. The number of nitrogens with zero attached hydrogens (tertiary/aromatic N) is 2. The van der Waals surface area contributed by atoms with Crippen molar-refractivity contribution in [2.24, 2.45) is 11.3 Å². The second kappa shape index (κ2) is 6.62. The Morgan fingerprint density at radius 1 is 1.22 bits per heavy atom. The lowest BCUT2D eigenvalue weighted by molar-refractivity contribution is 0.448. The van der Waals surface area contributed by atoms with Crippen molar-refractivity contribution >= 4 is 0 Å². The normalized spacial score (nSPS) is 12.9. The molecule has 92 valence electrons. The molecule has 0 amide bonds. The molecular formula is C16H18N2. The van der Waals surface area contributed by atoms with Gasteiger partial charge in [-0.25, -0.2) is 0 Å². The molecule has 1 rings (SSSR count). The summed E-state index contributed by atoms with van der Waals surface area (Å²) in [5.41, 5.74) is 0.376. The zero-order chi connectivity index (χ0) is 13.4. The summed E-state index contributed by atoms with van der Waals surface area (Å²) in [7, 11) is 0. The van der Waals surface area contributed by atoms with Crippen molar-refractivity contribution in [1.82, 2.24) is 0 Å². The average molecular weight is 238 g/mol. The maximum Gasteiger partial charge on any atom is 0.147 e. The van der Waals surface area contributed by atoms with Crippen LogP contribution in [0.25, 0.3) is 0 Å². The van der Waals surface area contributed by atoms with E-state index in [-0.39, 0.29) is 5.92 Å². The van der Waals surface area contributed by atoms with Gasteiger partial charge in [-0.15, -0.1) is 0 Å². The molecule has 0 aromatic heterocycles. The van der Waals surface area contributed by atoms with Crippen LogP contribution in [0.1, 0.15) is 25.8 Å². The molecule has 0 saturated heterocycles. The van der Waals surface area contributed by atoms with Crippen molar-refractivity contribution in [2.45, 2.75) is 26.7 Å². The molecule has 2 heteroatoms. The lowest BCUT2D eigenvalue weighted by Gasteiger charge is -2.17. The first-order valence-electron chi connectivity index (χ1n) is 6.15. The van der Waals surface area contributed by atoms with Crippen LogP contribution in [0, 0.1) is 34.0 Å². The Labute approximate surface area is 109 Å². The van der Waals surface area contributed by atoms with Gasteiger partial charge in [0, 0.05) is 5.92 Å². The van der Waals surface area contributed by atoms with E-state index >= 15 is 0 Å².